The van der Waals surface area contributed by atoms with Crippen molar-refractivity contribution >= 4 is 23.0 Å². The fraction of sp³-hybridized carbons (Fsp3) is 0.417. The number of hydrogen-bond acceptors (Lipinski definition) is 7. The highest BCUT2D eigenvalue weighted by molar-refractivity contribution is 5.93. The number of halogens is 2. The van der Waals surface area contributed by atoms with Crippen LogP contribution in [0.5, 0.6) is 5.88 Å². The maximum absolute atomic E-state index is 15.3. The van der Waals surface area contributed by atoms with Crippen LogP contribution in [-0.4, -0.2) is 62.8 Å². The number of pyridine rings is 1. The van der Waals surface area contributed by atoms with Crippen LogP contribution in [0.3, 0.4) is 0 Å². The fourth-order valence-electron chi connectivity index (χ4n) is 4.74. The van der Waals surface area contributed by atoms with Crippen molar-refractivity contribution in [2.75, 3.05) is 26.6 Å². The van der Waals surface area contributed by atoms with Crippen molar-refractivity contribution in [3.63, 3.8) is 0 Å². The topological polar surface area (TPSA) is 107 Å². The van der Waals surface area contributed by atoms with Gasteiger partial charge in [0.2, 0.25) is 11.8 Å². The number of hydrogen-bond donors (Lipinski definition) is 2. The number of nitrogens with zero attached hydrogens (tertiary/aromatic N) is 5. The number of nitrogens with one attached hydrogen (secondary N) is 2. The summed E-state index contributed by atoms with van der Waals surface area (Å²) in [6.07, 6.45) is 7.44. The highest BCUT2D eigenvalue weighted by atomic mass is 19.1. The van der Waals surface area contributed by atoms with Crippen molar-refractivity contribution in [3.8, 4) is 17.0 Å². The number of amides is 1. The van der Waals surface area contributed by atoms with E-state index in [-0.39, 0.29) is 45.5 Å². The molecule has 5 rings (SSSR count). The maximum atomic E-state index is 15.3. The molecule has 0 aromatic carbocycles. The molecule has 0 bridgehead atoms. The molecule has 1 aliphatic carbocycles. The van der Waals surface area contributed by atoms with Crippen molar-refractivity contribution in [2.24, 2.45) is 0 Å². The van der Waals surface area contributed by atoms with Gasteiger partial charge in [0, 0.05) is 32.0 Å². The molecule has 10 nitrogen and oxygen atoms in total. The number of carbonyl (C=O) groups is 1. The average Bonchev–Trinajstić information content (AvgIpc) is 3.45. The van der Waals surface area contributed by atoms with Gasteiger partial charge in [-0.15, -0.1) is 5.10 Å². The second kappa shape index (κ2) is 9.01. The molecule has 0 aliphatic heterocycles. The first kappa shape index (κ1) is 23.9. The third-order valence-electron chi connectivity index (χ3n) is 6.92. The monoisotopic (exact) mass is 499 g/mol. The second-order valence-electron chi connectivity index (χ2n) is 9.16. The Labute approximate surface area is 205 Å². The molecule has 1 saturated carbocycles. The van der Waals surface area contributed by atoms with Gasteiger partial charge in [-0.25, -0.2) is 18.3 Å². The Morgan fingerprint density at radius 2 is 1.94 bits per heavy atom. The van der Waals surface area contributed by atoms with E-state index in [0.717, 1.165) is 31.7 Å². The lowest BCUT2D eigenvalue weighted by atomic mass is 9.83. The molecule has 1 fully saturated rings. The number of anilines is 1. The van der Waals surface area contributed by atoms with E-state index in [0.29, 0.717) is 5.95 Å². The average molecular weight is 500 g/mol. The van der Waals surface area contributed by atoms with Crippen LogP contribution in [0.2, 0.25) is 0 Å². The van der Waals surface area contributed by atoms with Crippen LogP contribution >= 0.6 is 0 Å². The molecule has 0 atom stereocenters. The number of methoxy groups -OCH3 is 2. The van der Waals surface area contributed by atoms with Crippen LogP contribution in [0.4, 0.5) is 14.7 Å². The predicted molar refractivity (Wildman–Crippen MR) is 128 cm³/mol. The van der Waals surface area contributed by atoms with E-state index in [1.165, 1.54) is 41.7 Å². The Balaban J connectivity index is 1.55. The van der Waals surface area contributed by atoms with E-state index in [4.69, 9.17) is 9.47 Å². The molecule has 4 aromatic heterocycles. The lowest BCUT2D eigenvalue weighted by Crippen LogP contribution is -2.37. The molecule has 36 heavy (non-hydrogen) atoms. The predicted octanol–water partition coefficient (Wildman–Crippen LogP) is 3.45. The van der Waals surface area contributed by atoms with Crippen LogP contribution in [0.1, 0.15) is 43.1 Å². The van der Waals surface area contributed by atoms with Gasteiger partial charge in [-0.3, -0.25) is 9.20 Å². The molecular weight excluding hydrogens is 472 g/mol. The van der Waals surface area contributed by atoms with Gasteiger partial charge in [0.05, 0.1) is 30.7 Å². The van der Waals surface area contributed by atoms with E-state index >= 15 is 4.39 Å². The van der Waals surface area contributed by atoms with E-state index in [9.17, 15) is 9.18 Å². The molecular formula is C24H27F2N7O3. The quantitative estimate of drug-likeness (QED) is 0.419. The van der Waals surface area contributed by atoms with Crippen molar-refractivity contribution in [1.82, 2.24) is 29.3 Å². The maximum Gasteiger partial charge on any atom is 0.269 e. The van der Waals surface area contributed by atoms with Gasteiger partial charge in [-0.2, -0.15) is 4.98 Å². The summed E-state index contributed by atoms with van der Waals surface area (Å²) < 4.78 is 43.9. The van der Waals surface area contributed by atoms with Gasteiger partial charge in [0.25, 0.3) is 5.91 Å². The minimum Gasteiger partial charge on any atom is -0.479 e. The molecule has 12 heteroatoms. The standard InChI is InChI=1S/C24H27F2N7O3/c1-24(36-4)7-5-14(6-8-24)29-23-30-22(35-3)19-18(16(26)12-33(19)31-23)13-9-15(25)20-28-10-17(21(34)27-2)32(20)11-13/h9-12,14H,5-8H2,1-4H3,(H,27,34)(H,29,31). The lowest BCUT2D eigenvalue weighted by Gasteiger charge is -2.36. The largest absolute Gasteiger partial charge is 0.479 e. The van der Waals surface area contributed by atoms with Crippen molar-refractivity contribution in [1.29, 1.82) is 0 Å². The SMILES string of the molecule is CNC(=O)c1cnc2c(F)cc(-c3c(F)cn4nc(NC5CCC(C)(OC)CC5)nc(OC)c34)cn12. The first-order chi connectivity index (χ1) is 17.3. The number of fused-ring (bicyclic) bond motifs is 2. The third-order valence-corrected chi connectivity index (χ3v) is 6.92. The smallest absolute Gasteiger partial charge is 0.269 e. The Morgan fingerprint density at radius 3 is 2.61 bits per heavy atom. The zero-order valence-corrected chi connectivity index (χ0v) is 20.4. The highest BCUT2D eigenvalue weighted by Gasteiger charge is 2.31. The molecule has 0 saturated heterocycles. The Kier molecular flexibility index (Phi) is 5.99. The number of aromatic nitrogens is 5. The van der Waals surface area contributed by atoms with Crippen LogP contribution in [0.25, 0.3) is 22.3 Å². The van der Waals surface area contributed by atoms with Gasteiger partial charge in [0.15, 0.2) is 17.3 Å². The molecule has 4 aromatic rings. The van der Waals surface area contributed by atoms with Gasteiger partial charge in [0.1, 0.15) is 11.2 Å². The summed E-state index contributed by atoms with van der Waals surface area (Å²) in [6.45, 7) is 2.10. The lowest BCUT2D eigenvalue weighted by molar-refractivity contribution is -0.0253. The molecule has 1 amide bonds. The first-order valence-corrected chi connectivity index (χ1v) is 11.6. The van der Waals surface area contributed by atoms with Crippen molar-refractivity contribution < 1.29 is 23.0 Å². The van der Waals surface area contributed by atoms with E-state index in [1.807, 2.05) is 0 Å². The van der Waals surface area contributed by atoms with Crippen LogP contribution in [-0.2, 0) is 4.74 Å². The first-order valence-electron chi connectivity index (χ1n) is 11.6. The molecule has 2 N–H and O–H groups in total. The van der Waals surface area contributed by atoms with Gasteiger partial charge in [-0.05, 0) is 38.7 Å². The Morgan fingerprint density at radius 1 is 1.19 bits per heavy atom. The Bertz CT molecular complexity index is 1460. The van der Waals surface area contributed by atoms with Crippen molar-refractivity contribution in [3.05, 3.63) is 42.0 Å². The second-order valence-corrected chi connectivity index (χ2v) is 9.16. The molecule has 4 heterocycles. The van der Waals surface area contributed by atoms with Crippen LogP contribution in [0.15, 0.2) is 24.7 Å². The van der Waals surface area contributed by atoms with Gasteiger partial charge < -0.3 is 20.1 Å². The van der Waals surface area contributed by atoms with Crippen LogP contribution in [0, 0.1) is 11.6 Å². The Hall–Kier alpha value is -3.80. The number of carbonyl (C=O) groups excluding carboxylic acids is 1. The van der Waals surface area contributed by atoms with Crippen LogP contribution < -0.4 is 15.4 Å². The minimum absolute atomic E-state index is 0.0456. The number of ether oxygens (including phenoxy) is 2. The highest BCUT2D eigenvalue weighted by Crippen LogP contribution is 2.36. The summed E-state index contributed by atoms with van der Waals surface area (Å²) in [6, 6.07) is 1.30. The fourth-order valence-corrected chi connectivity index (χ4v) is 4.74. The number of imidazole rings is 1. The summed E-state index contributed by atoms with van der Waals surface area (Å²) in [5, 5.41) is 10.2. The molecule has 190 valence electrons. The summed E-state index contributed by atoms with van der Waals surface area (Å²) in [4.78, 5) is 20.6. The van der Waals surface area contributed by atoms with Crippen molar-refractivity contribution in [2.45, 2.75) is 44.2 Å². The molecule has 0 unspecified atom stereocenters. The van der Waals surface area contributed by atoms with E-state index < -0.39 is 17.5 Å². The zero-order chi connectivity index (χ0) is 25.6. The molecule has 0 radical (unpaired) electrons. The summed E-state index contributed by atoms with van der Waals surface area (Å²) >= 11 is 0. The van der Waals surface area contributed by atoms with Gasteiger partial charge >= 0.3 is 0 Å². The zero-order valence-electron chi connectivity index (χ0n) is 20.4. The minimum atomic E-state index is -0.708. The summed E-state index contributed by atoms with van der Waals surface area (Å²) in [5.41, 5.74) is 0.386. The van der Waals surface area contributed by atoms with Gasteiger partial charge in [-0.1, -0.05) is 0 Å². The summed E-state index contributed by atoms with van der Waals surface area (Å²) in [5.74, 6) is -1.38. The molecule has 1 aliphatic rings. The number of rotatable bonds is 6. The van der Waals surface area contributed by atoms with E-state index in [2.05, 4.69) is 32.6 Å². The summed E-state index contributed by atoms with van der Waals surface area (Å²) in [7, 11) is 4.61. The molecule has 0 spiro atoms. The third kappa shape index (κ3) is 4.00. The van der Waals surface area contributed by atoms with E-state index in [1.54, 1.807) is 7.11 Å². The normalized spacial score (nSPS) is 20.1.